The third kappa shape index (κ3) is 1.10. The van der Waals surface area contributed by atoms with Gasteiger partial charge in [0, 0.05) is 5.56 Å². The Balaban J connectivity index is 3.41. The van der Waals surface area contributed by atoms with Gasteiger partial charge in [0.05, 0.1) is 11.9 Å². The molecule has 0 aromatic carbocycles. The first-order chi connectivity index (χ1) is 5.70. The van der Waals surface area contributed by atoms with Gasteiger partial charge in [0.25, 0.3) is 0 Å². The molecule has 60 valence electrons. The minimum atomic E-state index is 0.0755. The van der Waals surface area contributed by atoms with Crippen molar-refractivity contribution in [2.24, 2.45) is 5.18 Å². The van der Waals surface area contributed by atoms with Crippen molar-refractivity contribution in [3.8, 4) is 6.07 Å². The van der Waals surface area contributed by atoms with Gasteiger partial charge in [0.1, 0.15) is 17.5 Å². The molecule has 1 aromatic heterocycles. The number of nitrogens with zero attached hydrogens (tertiary/aromatic N) is 3. The van der Waals surface area contributed by atoms with Crippen molar-refractivity contribution in [1.29, 1.82) is 5.26 Å². The van der Waals surface area contributed by atoms with E-state index < -0.39 is 0 Å². The van der Waals surface area contributed by atoms with E-state index in [1.807, 2.05) is 6.07 Å². The molecule has 0 aliphatic rings. The minimum Gasteiger partial charge on any atom is -0.397 e. The van der Waals surface area contributed by atoms with Crippen molar-refractivity contribution < 1.29 is 0 Å². The molecular weight excluding hydrogens is 156 g/mol. The van der Waals surface area contributed by atoms with Gasteiger partial charge >= 0.3 is 0 Å². The quantitative estimate of drug-likeness (QED) is 0.628. The third-order valence-electron chi connectivity index (χ3n) is 1.56. The van der Waals surface area contributed by atoms with Gasteiger partial charge in [-0.3, -0.25) is 0 Å². The summed E-state index contributed by atoms with van der Waals surface area (Å²) >= 11 is 0. The molecule has 0 amide bonds. The van der Waals surface area contributed by atoms with Gasteiger partial charge in [-0.2, -0.15) is 5.26 Å². The molecule has 0 radical (unpaired) electrons. The lowest BCUT2D eigenvalue weighted by Crippen LogP contribution is -1.95. The van der Waals surface area contributed by atoms with E-state index in [0.29, 0.717) is 5.56 Å². The maximum Gasteiger partial charge on any atom is 0.149 e. The first-order valence-corrected chi connectivity index (χ1v) is 3.19. The normalized spacial score (nSPS) is 9.00. The van der Waals surface area contributed by atoms with Gasteiger partial charge in [-0.05, 0) is 12.1 Å². The number of aromatic nitrogens is 1. The van der Waals surface area contributed by atoms with E-state index in [2.05, 4.69) is 10.2 Å². The van der Waals surface area contributed by atoms with Crippen molar-refractivity contribution in [3.05, 3.63) is 22.4 Å². The summed E-state index contributed by atoms with van der Waals surface area (Å²) in [7, 11) is 0. The van der Waals surface area contributed by atoms with Crippen molar-refractivity contribution >= 4 is 11.4 Å². The largest absolute Gasteiger partial charge is 0.397 e. The topological polar surface area (TPSA) is 92.1 Å². The Morgan fingerprint density at radius 2 is 2.42 bits per heavy atom. The van der Waals surface area contributed by atoms with Gasteiger partial charge in [-0.15, -0.1) is 4.91 Å². The number of anilines is 1. The lowest BCUT2D eigenvalue weighted by Gasteiger charge is -2.01. The smallest absolute Gasteiger partial charge is 0.149 e. The second kappa shape index (κ2) is 2.96. The van der Waals surface area contributed by atoms with E-state index in [-0.39, 0.29) is 17.1 Å². The molecule has 0 saturated carbocycles. The summed E-state index contributed by atoms with van der Waals surface area (Å²) in [6, 6.07) is 1.85. The lowest BCUT2D eigenvalue weighted by molar-refractivity contribution is 1.20. The second-order valence-corrected chi connectivity index (χ2v) is 2.23. The fourth-order valence-electron chi connectivity index (χ4n) is 0.797. The monoisotopic (exact) mass is 162 g/mol. The SMILES string of the molecule is Cc1c(C#N)ncc(N=O)c1N. The number of nitroso groups, excluding NO2 is 1. The highest BCUT2D eigenvalue weighted by Crippen LogP contribution is 2.25. The maximum absolute atomic E-state index is 10.1. The first kappa shape index (κ1) is 8.14. The highest BCUT2D eigenvalue weighted by Gasteiger charge is 2.07. The fourth-order valence-corrected chi connectivity index (χ4v) is 0.797. The number of pyridine rings is 1. The highest BCUT2D eigenvalue weighted by molar-refractivity contribution is 5.67. The van der Waals surface area contributed by atoms with Gasteiger partial charge in [-0.1, -0.05) is 0 Å². The summed E-state index contributed by atoms with van der Waals surface area (Å²) in [6.45, 7) is 1.62. The fraction of sp³-hybridized carbons (Fsp3) is 0.143. The predicted molar refractivity (Wildman–Crippen MR) is 43.6 cm³/mol. The molecule has 1 rings (SSSR count). The third-order valence-corrected chi connectivity index (χ3v) is 1.56. The van der Waals surface area contributed by atoms with E-state index in [0.717, 1.165) is 0 Å². The van der Waals surface area contributed by atoms with Crippen molar-refractivity contribution in [2.45, 2.75) is 6.92 Å². The standard InChI is InChI=1S/C7H6N4O/c1-4-5(2-8)10-3-6(11-12)7(4)9/h3H,1H3,(H2,9,10). The van der Waals surface area contributed by atoms with Crippen molar-refractivity contribution in [1.82, 2.24) is 4.98 Å². The van der Waals surface area contributed by atoms with Crippen molar-refractivity contribution in [3.63, 3.8) is 0 Å². The summed E-state index contributed by atoms with van der Waals surface area (Å²) in [4.78, 5) is 13.8. The zero-order chi connectivity index (χ0) is 9.14. The van der Waals surface area contributed by atoms with Crippen LogP contribution in [0.2, 0.25) is 0 Å². The van der Waals surface area contributed by atoms with E-state index in [1.54, 1.807) is 6.92 Å². The number of nitrogen functional groups attached to an aromatic ring is 1. The van der Waals surface area contributed by atoms with Crippen LogP contribution in [0, 0.1) is 23.2 Å². The van der Waals surface area contributed by atoms with Gasteiger partial charge in [0.15, 0.2) is 0 Å². The predicted octanol–water partition coefficient (Wildman–Crippen LogP) is 1.24. The first-order valence-electron chi connectivity index (χ1n) is 3.19. The summed E-state index contributed by atoms with van der Waals surface area (Å²) in [6.07, 6.45) is 1.19. The van der Waals surface area contributed by atoms with Crippen LogP contribution in [0.25, 0.3) is 0 Å². The second-order valence-electron chi connectivity index (χ2n) is 2.23. The van der Waals surface area contributed by atoms with Crippen LogP contribution in [0.15, 0.2) is 11.4 Å². The molecule has 0 unspecified atom stereocenters. The van der Waals surface area contributed by atoms with E-state index in [9.17, 15) is 4.91 Å². The van der Waals surface area contributed by atoms with Crippen LogP contribution in [-0.4, -0.2) is 4.98 Å². The molecule has 0 spiro atoms. The van der Waals surface area contributed by atoms with Crippen LogP contribution >= 0.6 is 0 Å². The molecule has 0 bridgehead atoms. The van der Waals surface area contributed by atoms with Gasteiger partial charge in [-0.25, -0.2) is 4.98 Å². The minimum absolute atomic E-state index is 0.0755. The molecule has 0 aliphatic carbocycles. The zero-order valence-corrected chi connectivity index (χ0v) is 6.40. The molecule has 12 heavy (non-hydrogen) atoms. The average molecular weight is 162 g/mol. The Kier molecular flexibility index (Phi) is 2.01. The molecule has 0 aliphatic heterocycles. The summed E-state index contributed by atoms with van der Waals surface area (Å²) in [5, 5.41) is 11.2. The van der Waals surface area contributed by atoms with Gasteiger partial charge < -0.3 is 5.73 Å². The van der Waals surface area contributed by atoms with Crippen molar-refractivity contribution in [2.75, 3.05) is 5.73 Å². The molecule has 1 heterocycles. The average Bonchev–Trinajstić information content (AvgIpc) is 2.10. The lowest BCUT2D eigenvalue weighted by atomic mass is 10.2. The highest BCUT2D eigenvalue weighted by atomic mass is 16.3. The zero-order valence-electron chi connectivity index (χ0n) is 6.40. The Hall–Kier alpha value is -1.96. The molecule has 5 nitrogen and oxygen atoms in total. The number of nitriles is 1. The van der Waals surface area contributed by atoms with E-state index in [4.69, 9.17) is 11.0 Å². The Labute approximate surface area is 68.8 Å². The van der Waals surface area contributed by atoms with Crippen LogP contribution in [-0.2, 0) is 0 Å². The summed E-state index contributed by atoms with van der Waals surface area (Å²) in [5.74, 6) is 0. The van der Waals surface area contributed by atoms with Gasteiger partial charge in [0.2, 0.25) is 0 Å². The van der Waals surface area contributed by atoms with Crippen LogP contribution in [0.1, 0.15) is 11.3 Å². The number of hydrogen-bond acceptors (Lipinski definition) is 5. The van der Waals surface area contributed by atoms with Crippen LogP contribution in [0.5, 0.6) is 0 Å². The van der Waals surface area contributed by atoms with E-state index in [1.165, 1.54) is 6.20 Å². The molecule has 1 aromatic rings. The molecule has 0 fully saturated rings. The Morgan fingerprint density at radius 3 is 2.92 bits per heavy atom. The maximum atomic E-state index is 10.1. The van der Waals surface area contributed by atoms with Crippen LogP contribution in [0.3, 0.4) is 0 Å². The Morgan fingerprint density at radius 1 is 1.75 bits per heavy atom. The molecule has 2 N–H and O–H groups in total. The van der Waals surface area contributed by atoms with Crippen LogP contribution < -0.4 is 5.73 Å². The number of hydrogen-bond donors (Lipinski definition) is 1. The van der Waals surface area contributed by atoms with Crippen LogP contribution in [0.4, 0.5) is 11.4 Å². The summed E-state index contributed by atoms with van der Waals surface area (Å²) < 4.78 is 0. The number of rotatable bonds is 1. The molecule has 0 atom stereocenters. The summed E-state index contributed by atoms with van der Waals surface area (Å²) in [5.41, 5.74) is 6.50. The Bertz CT molecular complexity index is 366. The molecular formula is C7H6N4O. The molecule has 0 saturated heterocycles. The molecule has 5 heteroatoms. The van der Waals surface area contributed by atoms with E-state index >= 15 is 0 Å². The number of nitrogens with two attached hydrogens (primary N) is 1.